The van der Waals surface area contributed by atoms with E-state index >= 15 is 0 Å². The number of aryl methyl sites for hydroxylation is 1. The van der Waals surface area contributed by atoms with Crippen LogP contribution in [0, 0.1) is 6.92 Å². The van der Waals surface area contributed by atoms with Crippen molar-refractivity contribution in [1.29, 1.82) is 0 Å². The first-order valence-electron chi connectivity index (χ1n) is 7.99. The molecule has 0 unspecified atom stereocenters. The summed E-state index contributed by atoms with van der Waals surface area (Å²) in [5.74, 6) is -0.492. The van der Waals surface area contributed by atoms with Gasteiger partial charge in [-0.05, 0) is 42.8 Å². The second kappa shape index (κ2) is 6.29. The van der Waals surface area contributed by atoms with Crippen LogP contribution in [-0.2, 0) is 0 Å². The number of amides is 1. The van der Waals surface area contributed by atoms with Crippen molar-refractivity contribution in [3.63, 3.8) is 0 Å². The first-order valence-corrected chi connectivity index (χ1v) is 7.99. The van der Waals surface area contributed by atoms with Gasteiger partial charge >= 0.3 is 0 Å². The molecule has 0 aliphatic heterocycles. The summed E-state index contributed by atoms with van der Waals surface area (Å²) in [5, 5.41) is 2.73. The van der Waals surface area contributed by atoms with Crippen molar-refractivity contribution in [2.75, 3.05) is 5.32 Å². The van der Waals surface area contributed by atoms with Gasteiger partial charge in [0.2, 0.25) is 0 Å². The van der Waals surface area contributed by atoms with Crippen LogP contribution in [0.1, 0.15) is 15.9 Å². The highest BCUT2D eigenvalue weighted by molar-refractivity contribution is 6.03. The number of nitrogens with zero attached hydrogens (tertiary/aromatic N) is 4. The molecule has 7 nitrogen and oxygen atoms in total. The van der Waals surface area contributed by atoms with Crippen LogP contribution in [0.25, 0.3) is 11.3 Å². The first-order chi connectivity index (χ1) is 12.6. The van der Waals surface area contributed by atoms with Gasteiger partial charge in [-0.25, -0.2) is 9.97 Å². The fourth-order valence-electron chi connectivity index (χ4n) is 2.67. The first kappa shape index (κ1) is 15.8. The van der Waals surface area contributed by atoms with Crippen molar-refractivity contribution in [1.82, 2.24) is 18.9 Å². The summed E-state index contributed by atoms with van der Waals surface area (Å²) in [7, 11) is 0. The van der Waals surface area contributed by atoms with E-state index in [4.69, 9.17) is 0 Å². The standard InChI is InChI=1S/C19H15N5O2/c1-13-2-7-17-21-10-16(19(26)24(17)11-13)18(25)22-14-3-5-15(6-4-14)23-9-8-20-12-23/h2-12H,1H3,(H,22,25). The molecule has 0 atom stereocenters. The number of anilines is 1. The summed E-state index contributed by atoms with van der Waals surface area (Å²) < 4.78 is 3.24. The van der Waals surface area contributed by atoms with E-state index in [0.29, 0.717) is 11.3 Å². The zero-order valence-electron chi connectivity index (χ0n) is 14.0. The Morgan fingerprint density at radius 2 is 1.92 bits per heavy atom. The lowest BCUT2D eigenvalue weighted by Gasteiger charge is -2.08. The van der Waals surface area contributed by atoms with Crippen LogP contribution in [0.3, 0.4) is 0 Å². The number of carbonyl (C=O) groups excluding carboxylic acids is 1. The Bertz CT molecular complexity index is 1140. The Labute approximate surface area is 148 Å². The second-order valence-corrected chi connectivity index (χ2v) is 5.88. The molecular weight excluding hydrogens is 330 g/mol. The molecule has 0 spiro atoms. The Morgan fingerprint density at radius 3 is 2.65 bits per heavy atom. The SMILES string of the molecule is Cc1ccc2ncc(C(=O)Nc3ccc(-n4ccnc4)cc3)c(=O)n2c1. The molecule has 26 heavy (non-hydrogen) atoms. The Balaban J connectivity index is 1.61. The van der Waals surface area contributed by atoms with E-state index in [-0.39, 0.29) is 5.56 Å². The number of carbonyl (C=O) groups is 1. The van der Waals surface area contributed by atoms with Crippen LogP contribution >= 0.6 is 0 Å². The van der Waals surface area contributed by atoms with Gasteiger partial charge < -0.3 is 9.88 Å². The molecule has 0 fully saturated rings. The number of rotatable bonds is 3. The molecule has 3 aromatic heterocycles. The number of fused-ring (bicyclic) bond motifs is 1. The molecule has 0 saturated heterocycles. The summed E-state index contributed by atoms with van der Waals surface area (Å²) in [6, 6.07) is 10.8. The van der Waals surface area contributed by atoms with Crippen LogP contribution in [0.2, 0.25) is 0 Å². The number of aromatic nitrogens is 4. The highest BCUT2D eigenvalue weighted by Crippen LogP contribution is 2.13. The molecule has 0 bridgehead atoms. The minimum atomic E-state index is -0.492. The molecule has 0 saturated carbocycles. The topological polar surface area (TPSA) is 81.3 Å². The van der Waals surface area contributed by atoms with Crippen molar-refractivity contribution in [3.8, 4) is 5.69 Å². The summed E-state index contributed by atoms with van der Waals surface area (Å²) in [6.45, 7) is 1.88. The normalized spacial score (nSPS) is 10.8. The van der Waals surface area contributed by atoms with Gasteiger partial charge in [-0.3, -0.25) is 14.0 Å². The second-order valence-electron chi connectivity index (χ2n) is 5.88. The maximum atomic E-state index is 12.6. The zero-order valence-corrected chi connectivity index (χ0v) is 14.0. The third-order valence-corrected chi connectivity index (χ3v) is 4.02. The van der Waals surface area contributed by atoms with E-state index in [1.807, 2.05) is 35.9 Å². The molecule has 4 aromatic rings. The van der Waals surface area contributed by atoms with Crippen LogP contribution in [0.5, 0.6) is 0 Å². The molecule has 0 aliphatic carbocycles. The van der Waals surface area contributed by atoms with Crippen LogP contribution in [-0.4, -0.2) is 24.8 Å². The van der Waals surface area contributed by atoms with Crippen molar-refractivity contribution in [3.05, 3.63) is 89.0 Å². The Hall–Kier alpha value is -3.74. The van der Waals surface area contributed by atoms with Crippen molar-refractivity contribution in [2.45, 2.75) is 6.92 Å². The van der Waals surface area contributed by atoms with Crippen LogP contribution in [0.15, 0.2) is 72.3 Å². The van der Waals surface area contributed by atoms with Gasteiger partial charge in [-0.15, -0.1) is 0 Å². The highest BCUT2D eigenvalue weighted by atomic mass is 16.2. The summed E-state index contributed by atoms with van der Waals surface area (Å²) >= 11 is 0. The van der Waals surface area contributed by atoms with Gasteiger partial charge in [0.15, 0.2) is 0 Å². The number of benzene rings is 1. The maximum absolute atomic E-state index is 12.6. The van der Waals surface area contributed by atoms with E-state index in [1.54, 1.807) is 36.9 Å². The lowest BCUT2D eigenvalue weighted by Crippen LogP contribution is -2.26. The third-order valence-electron chi connectivity index (χ3n) is 4.02. The predicted octanol–water partition coefficient (Wildman–Crippen LogP) is 2.44. The Morgan fingerprint density at radius 1 is 1.12 bits per heavy atom. The minimum Gasteiger partial charge on any atom is -0.322 e. The number of hydrogen-bond acceptors (Lipinski definition) is 4. The van der Waals surface area contributed by atoms with Gasteiger partial charge in [0, 0.05) is 36.2 Å². The van der Waals surface area contributed by atoms with Gasteiger partial charge in [0.05, 0.1) is 6.33 Å². The van der Waals surface area contributed by atoms with E-state index < -0.39 is 11.5 Å². The average molecular weight is 345 g/mol. The highest BCUT2D eigenvalue weighted by Gasteiger charge is 2.13. The average Bonchev–Trinajstić information content (AvgIpc) is 3.18. The smallest absolute Gasteiger partial charge is 0.270 e. The molecule has 128 valence electrons. The largest absolute Gasteiger partial charge is 0.322 e. The number of imidazole rings is 1. The van der Waals surface area contributed by atoms with Crippen LogP contribution < -0.4 is 10.9 Å². The molecule has 0 aliphatic rings. The number of hydrogen-bond donors (Lipinski definition) is 1. The summed E-state index contributed by atoms with van der Waals surface area (Å²) in [6.07, 6.45) is 8.19. The lowest BCUT2D eigenvalue weighted by molar-refractivity contribution is 0.102. The number of nitrogens with one attached hydrogen (secondary N) is 1. The fourth-order valence-corrected chi connectivity index (χ4v) is 2.67. The fraction of sp³-hybridized carbons (Fsp3) is 0.0526. The summed E-state index contributed by atoms with van der Waals surface area (Å²) in [5.41, 5.74) is 2.52. The van der Waals surface area contributed by atoms with E-state index in [1.165, 1.54) is 10.6 Å². The van der Waals surface area contributed by atoms with Gasteiger partial charge in [-0.2, -0.15) is 0 Å². The molecule has 1 aromatic carbocycles. The molecule has 1 amide bonds. The zero-order chi connectivity index (χ0) is 18.1. The molecular formula is C19H15N5O2. The monoisotopic (exact) mass is 345 g/mol. The van der Waals surface area contributed by atoms with Crippen molar-refractivity contribution >= 4 is 17.2 Å². The maximum Gasteiger partial charge on any atom is 0.270 e. The predicted molar refractivity (Wildman–Crippen MR) is 97.7 cm³/mol. The minimum absolute atomic E-state index is 0.00761. The quantitative estimate of drug-likeness (QED) is 0.618. The molecule has 1 N–H and O–H groups in total. The Kier molecular flexibility index (Phi) is 3.81. The van der Waals surface area contributed by atoms with Crippen LogP contribution in [0.4, 0.5) is 5.69 Å². The van der Waals surface area contributed by atoms with E-state index in [9.17, 15) is 9.59 Å². The third kappa shape index (κ3) is 2.86. The van der Waals surface area contributed by atoms with E-state index in [0.717, 1.165) is 11.3 Å². The lowest BCUT2D eigenvalue weighted by atomic mass is 10.2. The molecule has 3 heterocycles. The summed E-state index contributed by atoms with van der Waals surface area (Å²) in [4.78, 5) is 33.3. The van der Waals surface area contributed by atoms with E-state index in [2.05, 4.69) is 15.3 Å². The molecule has 7 heteroatoms. The number of pyridine rings is 1. The molecule has 4 rings (SSSR count). The van der Waals surface area contributed by atoms with Crippen molar-refractivity contribution in [2.24, 2.45) is 0 Å². The van der Waals surface area contributed by atoms with Gasteiger partial charge in [0.25, 0.3) is 11.5 Å². The van der Waals surface area contributed by atoms with Gasteiger partial charge in [-0.1, -0.05) is 6.07 Å². The van der Waals surface area contributed by atoms with Crippen molar-refractivity contribution < 1.29 is 4.79 Å². The molecule has 0 radical (unpaired) electrons. The van der Waals surface area contributed by atoms with Gasteiger partial charge in [0.1, 0.15) is 11.2 Å².